The van der Waals surface area contributed by atoms with Crippen molar-refractivity contribution in [2.24, 2.45) is 0 Å². The normalized spacial score (nSPS) is 12.8. The first-order chi connectivity index (χ1) is 29.5. The van der Waals surface area contributed by atoms with Crippen LogP contribution in [-0.4, -0.2) is 37.2 Å². The quantitative estimate of drug-likeness (QED) is 0.0263. The van der Waals surface area contributed by atoms with Gasteiger partial charge in [-0.1, -0.05) is 196 Å². The summed E-state index contributed by atoms with van der Waals surface area (Å²) < 4.78 is 16.7. The monoisotopic (exact) mass is 835 g/mol. The lowest BCUT2D eigenvalue weighted by atomic mass is 10.1. The van der Waals surface area contributed by atoms with E-state index in [0.717, 1.165) is 96.3 Å². The number of rotatable bonds is 43. The summed E-state index contributed by atoms with van der Waals surface area (Å²) >= 11 is 0. The van der Waals surface area contributed by atoms with Crippen molar-refractivity contribution in [1.82, 2.24) is 0 Å². The van der Waals surface area contributed by atoms with E-state index in [0.29, 0.717) is 19.3 Å². The van der Waals surface area contributed by atoms with Gasteiger partial charge in [0.25, 0.3) is 0 Å². The van der Waals surface area contributed by atoms with E-state index in [2.05, 4.69) is 106 Å². The van der Waals surface area contributed by atoms with Crippen molar-refractivity contribution in [2.75, 3.05) is 13.2 Å². The Kier molecular flexibility index (Phi) is 45.5. The summed E-state index contributed by atoms with van der Waals surface area (Å²) in [7, 11) is 0. The van der Waals surface area contributed by atoms with E-state index in [1.165, 1.54) is 77.0 Å². The van der Waals surface area contributed by atoms with Gasteiger partial charge in [-0.3, -0.25) is 14.4 Å². The van der Waals surface area contributed by atoms with E-state index in [4.69, 9.17) is 14.2 Å². The number of hydrogen-bond acceptors (Lipinski definition) is 6. The first-order valence-electron chi connectivity index (χ1n) is 24.6. The third kappa shape index (κ3) is 45.7. The minimum Gasteiger partial charge on any atom is -0.462 e. The van der Waals surface area contributed by atoms with Crippen LogP contribution >= 0.6 is 0 Å². The highest BCUT2D eigenvalue weighted by atomic mass is 16.6. The lowest BCUT2D eigenvalue weighted by Gasteiger charge is -2.18. The molecule has 0 saturated heterocycles. The fraction of sp³-hybridized carbons (Fsp3) is 0.685. The Morgan fingerprint density at radius 2 is 0.667 bits per heavy atom. The molecule has 0 aromatic heterocycles. The number of carbonyl (C=O) groups excluding carboxylic acids is 3. The third-order valence-corrected chi connectivity index (χ3v) is 10.1. The van der Waals surface area contributed by atoms with Crippen molar-refractivity contribution >= 4 is 17.9 Å². The largest absolute Gasteiger partial charge is 0.462 e. The van der Waals surface area contributed by atoms with Gasteiger partial charge in [0, 0.05) is 19.3 Å². The predicted molar refractivity (Wildman–Crippen MR) is 256 cm³/mol. The Balaban J connectivity index is 4.46. The van der Waals surface area contributed by atoms with Crippen LogP contribution in [0, 0.1) is 0 Å². The lowest BCUT2D eigenvalue weighted by Crippen LogP contribution is -2.30. The zero-order valence-electron chi connectivity index (χ0n) is 38.9. The van der Waals surface area contributed by atoms with E-state index in [-0.39, 0.29) is 37.5 Å². The molecule has 1 unspecified atom stereocenters. The summed E-state index contributed by atoms with van der Waals surface area (Å²) in [6.45, 7) is 6.41. The van der Waals surface area contributed by atoms with E-state index < -0.39 is 6.10 Å². The molecule has 342 valence electrons. The molecular weight excluding hydrogens is 745 g/mol. The van der Waals surface area contributed by atoms with Crippen molar-refractivity contribution < 1.29 is 28.6 Å². The summed E-state index contributed by atoms with van der Waals surface area (Å²) in [4.78, 5) is 37.8. The molecule has 0 aromatic rings. The van der Waals surface area contributed by atoms with Gasteiger partial charge < -0.3 is 14.2 Å². The molecular formula is C54H90O6. The molecule has 6 nitrogen and oxygen atoms in total. The molecule has 0 N–H and O–H groups in total. The Morgan fingerprint density at radius 1 is 0.350 bits per heavy atom. The Hall–Kier alpha value is -3.41. The molecule has 0 bridgehead atoms. The van der Waals surface area contributed by atoms with Crippen molar-refractivity contribution in [3.8, 4) is 0 Å². The van der Waals surface area contributed by atoms with E-state index in [9.17, 15) is 14.4 Å². The second-order valence-corrected chi connectivity index (χ2v) is 16.0. The van der Waals surface area contributed by atoms with Crippen molar-refractivity contribution in [3.63, 3.8) is 0 Å². The predicted octanol–water partition coefficient (Wildman–Crippen LogP) is 16.0. The molecule has 0 amide bonds. The van der Waals surface area contributed by atoms with Gasteiger partial charge in [0.05, 0.1) is 0 Å². The van der Waals surface area contributed by atoms with Crippen LogP contribution < -0.4 is 0 Å². The maximum atomic E-state index is 12.8. The number of ether oxygens (including phenoxy) is 3. The molecule has 0 saturated carbocycles. The fourth-order valence-corrected chi connectivity index (χ4v) is 6.45. The molecule has 0 spiro atoms. The number of esters is 3. The Bertz CT molecular complexity index is 1190. The standard InChI is InChI=1S/C54H90O6/c1-4-7-10-13-16-19-21-23-25-27-29-30-32-35-38-41-44-47-53(56)59-50-51(49-58-52(55)46-43-40-37-34-18-15-12-9-6-3)60-54(57)48-45-42-39-36-33-31-28-26-24-22-20-17-14-11-8-5-2/h8,11,16-17,19-20,23-26,29-30,35,38,51H,4-7,9-10,12-15,18,21-22,27-28,31-34,36-37,39-50H2,1-3H3/b11-8-,19-16-,20-17-,25-23-,26-24-,30-29-,38-35-. The summed E-state index contributed by atoms with van der Waals surface area (Å²) in [6.07, 6.45) is 61.4. The molecule has 0 fully saturated rings. The van der Waals surface area contributed by atoms with Crippen LogP contribution in [0.5, 0.6) is 0 Å². The first kappa shape index (κ1) is 56.6. The first-order valence-corrected chi connectivity index (χ1v) is 24.6. The number of hydrogen-bond donors (Lipinski definition) is 0. The maximum absolute atomic E-state index is 12.8. The SMILES string of the molecule is CC/C=C\C/C=C\C/C=C\CCCCCCCCC(=O)OC(COC(=O)CCC/C=C\C/C=C\C/C=C\C/C=C\CCCCC)COC(=O)CCCCCCCCCCC. The van der Waals surface area contributed by atoms with E-state index in [1.54, 1.807) is 0 Å². The summed E-state index contributed by atoms with van der Waals surface area (Å²) in [5.74, 6) is -0.977. The Labute approximate surface area is 369 Å². The molecule has 60 heavy (non-hydrogen) atoms. The van der Waals surface area contributed by atoms with Gasteiger partial charge in [0.15, 0.2) is 6.10 Å². The van der Waals surface area contributed by atoms with Crippen LogP contribution in [-0.2, 0) is 28.6 Å². The van der Waals surface area contributed by atoms with Gasteiger partial charge >= 0.3 is 17.9 Å². The number of unbranched alkanes of at least 4 members (excludes halogenated alkanes) is 18. The smallest absolute Gasteiger partial charge is 0.306 e. The number of allylic oxidation sites excluding steroid dienone is 14. The van der Waals surface area contributed by atoms with Crippen LogP contribution in [0.4, 0.5) is 0 Å². The van der Waals surface area contributed by atoms with Crippen LogP contribution in [0.2, 0.25) is 0 Å². The summed E-state index contributed by atoms with van der Waals surface area (Å²) in [5.41, 5.74) is 0. The molecule has 0 aromatic carbocycles. The molecule has 0 heterocycles. The number of carbonyl (C=O) groups is 3. The molecule has 0 aliphatic rings. The zero-order chi connectivity index (χ0) is 43.7. The van der Waals surface area contributed by atoms with E-state index in [1.807, 2.05) is 0 Å². The van der Waals surface area contributed by atoms with Gasteiger partial charge in [-0.25, -0.2) is 0 Å². The van der Waals surface area contributed by atoms with Gasteiger partial charge in [-0.15, -0.1) is 0 Å². The minimum atomic E-state index is -0.802. The average molecular weight is 835 g/mol. The van der Waals surface area contributed by atoms with Crippen LogP contribution in [0.15, 0.2) is 85.1 Å². The third-order valence-electron chi connectivity index (χ3n) is 10.1. The lowest BCUT2D eigenvalue weighted by molar-refractivity contribution is -0.167. The maximum Gasteiger partial charge on any atom is 0.306 e. The summed E-state index contributed by atoms with van der Waals surface area (Å²) in [5, 5.41) is 0. The van der Waals surface area contributed by atoms with Crippen LogP contribution in [0.1, 0.15) is 220 Å². The average Bonchev–Trinajstić information content (AvgIpc) is 3.24. The second kappa shape index (κ2) is 48.3. The van der Waals surface area contributed by atoms with Crippen molar-refractivity contribution in [1.29, 1.82) is 0 Å². The zero-order valence-corrected chi connectivity index (χ0v) is 38.9. The van der Waals surface area contributed by atoms with E-state index >= 15 is 0 Å². The second-order valence-electron chi connectivity index (χ2n) is 16.0. The molecule has 6 heteroatoms. The molecule has 0 radical (unpaired) electrons. The molecule has 0 aliphatic carbocycles. The van der Waals surface area contributed by atoms with Gasteiger partial charge in [0.2, 0.25) is 0 Å². The highest BCUT2D eigenvalue weighted by Crippen LogP contribution is 2.13. The fourth-order valence-electron chi connectivity index (χ4n) is 6.45. The summed E-state index contributed by atoms with van der Waals surface area (Å²) in [6, 6.07) is 0. The highest BCUT2D eigenvalue weighted by Gasteiger charge is 2.19. The van der Waals surface area contributed by atoms with Gasteiger partial charge in [-0.2, -0.15) is 0 Å². The van der Waals surface area contributed by atoms with Gasteiger partial charge in [0.1, 0.15) is 13.2 Å². The molecule has 1 atom stereocenters. The minimum absolute atomic E-state index is 0.0987. The van der Waals surface area contributed by atoms with Crippen LogP contribution in [0.25, 0.3) is 0 Å². The van der Waals surface area contributed by atoms with Crippen LogP contribution in [0.3, 0.4) is 0 Å². The Morgan fingerprint density at radius 3 is 1.12 bits per heavy atom. The van der Waals surface area contributed by atoms with Crippen molar-refractivity contribution in [2.45, 2.75) is 226 Å². The highest BCUT2D eigenvalue weighted by molar-refractivity contribution is 5.71. The van der Waals surface area contributed by atoms with Crippen molar-refractivity contribution in [3.05, 3.63) is 85.1 Å². The topological polar surface area (TPSA) is 78.9 Å². The van der Waals surface area contributed by atoms with Gasteiger partial charge in [-0.05, 0) is 89.9 Å². The molecule has 0 aliphatic heterocycles. The molecule has 0 rings (SSSR count).